The van der Waals surface area contributed by atoms with Crippen LogP contribution < -0.4 is 0 Å². The van der Waals surface area contributed by atoms with E-state index in [0.29, 0.717) is 0 Å². The van der Waals surface area contributed by atoms with Crippen molar-refractivity contribution >= 4 is 59.4 Å². The van der Waals surface area contributed by atoms with E-state index in [1.807, 2.05) is 70.4 Å². The zero-order valence-electron chi connectivity index (χ0n) is 32.7. The van der Waals surface area contributed by atoms with Crippen LogP contribution in [-0.2, 0) is 30.3 Å². The van der Waals surface area contributed by atoms with E-state index in [1.54, 1.807) is 0 Å². The fraction of sp³-hybridized carbons (Fsp3) is 0.391. The summed E-state index contributed by atoms with van der Waals surface area (Å²) in [7, 11) is 0. The number of carbonyl (C=O) groups is 1. The van der Waals surface area contributed by atoms with E-state index in [9.17, 15) is 9.90 Å². The van der Waals surface area contributed by atoms with Gasteiger partial charge < -0.3 is 5.11 Å². The van der Waals surface area contributed by atoms with Gasteiger partial charge in [-0.3, -0.25) is 9.78 Å². The number of thiophene rings is 2. The van der Waals surface area contributed by atoms with Crippen molar-refractivity contribution in [3.05, 3.63) is 101 Å². The molecule has 0 aliphatic carbocycles. The summed E-state index contributed by atoms with van der Waals surface area (Å²) < 4.78 is 2.60. The molecule has 0 aliphatic heterocycles. The number of fused-ring (bicyclic) bond motifs is 3. The van der Waals surface area contributed by atoms with Gasteiger partial charge in [0.05, 0.1) is 0 Å². The monoisotopic (exact) mass is 909 g/mol. The molecule has 0 aliphatic rings. The topological polar surface area (TPSA) is 50.2 Å². The Hall–Kier alpha value is -3.15. The number of hydrogen-bond donors (Lipinski definition) is 1. The fourth-order valence-corrected chi connectivity index (χ4v) is 9.25. The zero-order valence-corrected chi connectivity index (χ0v) is 36.7. The number of nitrogens with zero attached hydrogens (tertiary/aromatic N) is 1. The maximum atomic E-state index is 12.2. The first-order valence-electron chi connectivity index (χ1n) is 18.4. The molecular weight excluding hydrogens is 855 g/mol. The van der Waals surface area contributed by atoms with E-state index in [0.717, 1.165) is 42.3 Å². The van der Waals surface area contributed by atoms with Crippen LogP contribution in [0.15, 0.2) is 78.7 Å². The predicted octanol–water partition coefficient (Wildman–Crippen LogP) is 14.4. The van der Waals surface area contributed by atoms with Gasteiger partial charge in [0.1, 0.15) is 5.76 Å². The summed E-state index contributed by atoms with van der Waals surface area (Å²) in [4.78, 5) is 19.8. The quantitative estimate of drug-likeness (QED) is 0.0893. The molecule has 1 radical (unpaired) electrons. The van der Waals surface area contributed by atoms with Gasteiger partial charge in [0, 0.05) is 79.0 Å². The number of aliphatic hydroxyl groups excluding tert-OH is 1. The molecule has 0 bridgehead atoms. The number of allylic oxidation sites excluding steroid dienone is 2. The second kappa shape index (κ2) is 16.5. The number of aryl methyl sites for hydroxylation is 2. The molecular formula is C46H54IrNO2S2-. The molecule has 0 atom stereocenters. The molecule has 6 rings (SSSR count). The van der Waals surface area contributed by atoms with Crippen LogP contribution in [0.2, 0.25) is 0 Å². The van der Waals surface area contributed by atoms with Gasteiger partial charge in [-0.2, -0.15) is 0 Å². The maximum absolute atomic E-state index is 12.2. The van der Waals surface area contributed by atoms with Crippen molar-refractivity contribution in [2.24, 2.45) is 10.8 Å². The molecule has 0 saturated carbocycles. The van der Waals surface area contributed by atoms with Gasteiger partial charge in [0.2, 0.25) is 0 Å². The first-order chi connectivity index (χ1) is 24.1. The summed E-state index contributed by atoms with van der Waals surface area (Å²) >= 11 is 3.76. The van der Waals surface area contributed by atoms with Crippen molar-refractivity contribution in [3.63, 3.8) is 0 Å². The summed E-state index contributed by atoms with van der Waals surface area (Å²) in [6, 6.07) is 25.5. The third-order valence-corrected chi connectivity index (χ3v) is 13.7. The van der Waals surface area contributed by atoms with Crippen molar-refractivity contribution in [3.8, 4) is 21.7 Å². The number of rotatable bonds is 9. The Morgan fingerprint density at radius 1 is 0.808 bits per heavy atom. The van der Waals surface area contributed by atoms with E-state index >= 15 is 0 Å². The van der Waals surface area contributed by atoms with Crippen molar-refractivity contribution in [2.45, 2.75) is 107 Å². The number of pyridine rings is 1. The van der Waals surface area contributed by atoms with Gasteiger partial charge in [-0.15, -0.1) is 51.8 Å². The summed E-state index contributed by atoms with van der Waals surface area (Å²) in [6.45, 7) is 23.4. The Balaban J connectivity index is 0.000000289. The molecule has 6 aromatic rings. The van der Waals surface area contributed by atoms with Crippen molar-refractivity contribution in [1.82, 2.24) is 4.98 Å². The minimum absolute atomic E-state index is 0. The average Bonchev–Trinajstić information content (AvgIpc) is 3.64. The minimum atomic E-state index is -0.337. The fourth-order valence-electron chi connectivity index (χ4n) is 6.69. The minimum Gasteiger partial charge on any atom is -0.512 e. The van der Waals surface area contributed by atoms with Crippen molar-refractivity contribution < 1.29 is 30.0 Å². The van der Waals surface area contributed by atoms with Crippen LogP contribution in [0.3, 0.4) is 0 Å². The SMILES string of the molecule is CCC(C)(CC)C(=O)/C=C(\O)C(C)(CC)CC.Cc1sc2ccccc2c1-c1sc2c(-c3[c-]c4ccccc4c(C(C)(C)C)c3)nccc2c1C.[Ir]. The Kier molecular flexibility index (Phi) is 13.2. The molecule has 3 nitrogen and oxygen atoms in total. The van der Waals surface area contributed by atoms with E-state index in [2.05, 4.69) is 101 Å². The maximum Gasteiger partial charge on any atom is 0.164 e. The average molecular weight is 909 g/mol. The number of hydrogen-bond acceptors (Lipinski definition) is 5. The van der Waals surface area contributed by atoms with Gasteiger partial charge in [0.25, 0.3) is 0 Å². The Morgan fingerprint density at radius 2 is 1.40 bits per heavy atom. The molecule has 6 heteroatoms. The molecule has 277 valence electrons. The number of aliphatic hydroxyl groups is 1. The summed E-state index contributed by atoms with van der Waals surface area (Å²) in [5, 5.41) is 15.2. The van der Waals surface area contributed by atoms with E-state index in [-0.39, 0.29) is 47.9 Å². The van der Waals surface area contributed by atoms with E-state index < -0.39 is 0 Å². The second-order valence-corrected chi connectivity index (χ2v) is 17.7. The first kappa shape index (κ1) is 41.6. The van der Waals surface area contributed by atoms with Crippen LogP contribution in [0.4, 0.5) is 0 Å². The van der Waals surface area contributed by atoms with Gasteiger partial charge >= 0.3 is 0 Å². The first-order valence-corrected chi connectivity index (χ1v) is 20.0. The van der Waals surface area contributed by atoms with E-state index in [4.69, 9.17) is 4.98 Å². The standard InChI is InChI=1S/C31H26NS2.C15H28O2.Ir/c1-18-22-14-15-32-28(21-16-20-10-6-7-11-23(20)25(17-21)31(3,4)5)30(22)34-29(18)27-19(2)33-26-13-9-8-12-24(26)27;1-7-14(5,8-2)12(16)11-13(17)15(6,9-3)10-4;/h6-15,17H,1-5H3;11,16H,7-10H2,1-6H3;/q-1;;/b;12-11-;. The molecule has 1 N–H and O–H groups in total. The van der Waals surface area contributed by atoms with E-state index in [1.165, 1.54) is 58.1 Å². The molecule has 3 heterocycles. The normalized spacial score (nSPS) is 12.6. The molecule has 0 amide bonds. The van der Waals surface area contributed by atoms with Crippen LogP contribution >= 0.6 is 22.7 Å². The van der Waals surface area contributed by atoms with Crippen molar-refractivity contribution in [1.29, 1.82) is 0 Å². The predicted molar refractivity (Wildman–Crippen MR) is 223 cm³/mol. The Morgan fingerprint density at radius 3 is 2.02 bits per heavy atom. The van der Waals surface area contributed by atoms with Crippen molar-refractivity contribution in [2.75, 3.05) is 0 Å². The summed E-state index contributed by atoms with van der Waals surface area (Å²) in [5.74, 6) is 0.286. The molecule has 0 fully saturated rings. The van der Waals surface area contributed by atoms with Crippen LogP contribution in [0.25, 0.3) is 52.6 Å². The zero-order chi connectivity index (χ0) is 37.3. The number of aromatic nitrogens is 1. The molecule has 3 aromatic heterocycles. The third kappa shape index (κ3) is 8.02. The van der Waals surface area contributed by atoms with Crippen LogP contribution in [-0.4, -0.2) is 15.9 Å². The number of ketones is 1. The van der Waals surface area contributed by atoms with Crippen LogP contribution in [0.1, 0.15) is 104 Å². The number of benzene rings is 3. The van der Waals surface area contributed by atoms with Gasteiger partial charge in [0.15, 0.2) is 5.78 Å². The number of carbonyl (C=O) groups excluding carboxylic acids is 1. The summed E-state index contributed by atoms with van der Waals surface area (Å²) in [6.07, 6.45) is 6.71. The Bertz CT molecular complexity index is 2220. The van der Waals surface area contributed by atoms with Gasteiger partial charge in [-0.1, -0.05) is 110 Å². The molecule has 52 heavy (non-hydrogen) atoms. The van der Waals surface area contributed by atoms with Crippen LogP contribution in [0.5, 0.6) is 0 Å². The molecule has 0 saturated heterocycles. The molecule has 0 unspecified atom stereocenters. The molecule has 3 aromatic carbocycles. The third-order valence-electron chi connectivity index (χ3n) is 11.3. The van der Waals surface area contributed by atoms with Gasteiger partial charge in [-0.25, -0.2) is 0 Å². The van der Waals surface area contributed by atoms with Crippen LogP contribution in [0, 0.1) is 30.7 Å². The second-order valence-electron chi connectivity index (χ2n) is 15.4. The smallest absolute Gasteiger partial charge is 0.164 e. The largest absolute Gasteiger partial charge is 0.512 e. The van der Waals surface area contributed by atoms with Gasteiger partial charge in [-0.05, 0) is 68.0 Å². The Labute approximate surface area is 333 Å². The summed E-state index contributed by atoms with van der Waals surface area (Å²) in [5.41, 5.74) is 5.59. The molecule has 0 spiro atoms.